The van der Waals surface area contributed by atoms with Crippen LogP contribution in [0.25, 0.3) is 0 Å². The second kappa shape index (κ2) is 5.10. The molecule has 1 N–H and O–H groups in total. The Morgan fingerprint density at radius 1 is 1.35 bits per heavy atom. The third-order valence-electron chi connectivity index (χ3n) is 2.35. The van der Waals surface area contributed by atoms with Crippen LogP contribution in [0.3, 0.4) is 0 Å². The van der Waals surface area contributed by atoms with Gasteiger partial charge in [0.25, 0.3) is 0 Å². The first-order chi connectivity index (χ1) is 8.06. The molecule has 0 aliphatic carbocycles. The Kier molecular flexibility index (Phi) is 3.73. The topological polar surface area (TPSA) is 42.2 Å². The summed E-state index contributed by atoms with van der Waals surface area (Å²) < 4.78 is 2.63. The second-order valence-corrected chi connectivity index (χ2v) is 5.29. The third-order valence-corrected chi connectivity index (χ3v) is 3.19. The molecular formula is C12H9ClINO2. The van der Waals surface area contributed by atoms with Crippen molar-refractivity contribution in [3.8, 4) is 0 Å². The average molecular weight is 362 g/mol. The molecule has 0 aliphatic rings. The van der Waals surface area contributed by atoms with E-state index in [1.807, 2.05) is 18.3 Å². The lowest BCUT2D eigenvalue weighted by Gasteiger charge is -2.06. The molecule has 0 unspecified atom stereocenters. The number of carboxylic acid groups (broad SMARTS) is 1. The summed E-state index contributed by atoms with van der Waals surface area (Å²) in [4.78, 5) is 11.0. The van der Waals surface area contributed by atoms with Gasteiger partial charge in [0.05, 0.1) is 0 Å². The van der Waals surface area contributed by atoms with Crippen molar-refractivity contribution in [2.24, 2.45) is 0 Å². The Balaban J connectivity index is 2.29. The average Bonchev–Trinajstić information content (AvgIpc) is 2.63. The predicted molar refractivity (Wildman–Crippen MR) is 74.7 cm³/mol. The normalized spacial score (nSPS) is 10.5. The molecule has 1 heterocycles. The number of aromatic nitrogens is 1. The lowest BCUT2D eigenvalue weighted by Crippen LogP contribution is -2.08. The van der Waals surface area contributed by atoms with E-state index in [4.69, 9.17) is 16.7 Å². The summed E-state index contributed by atoms with van der Waals surface area (Å²) >= 11 is 7.90. The molecule has 3 nitrogen and oxygen atoms in total. The molecule has 0 saturated carbocycles. The second-order valence-electron chi connectivity index (χ2n) is 3.60. The Morgan fingerprint density at radius 3 is 2.59 bits per heavy atom. The summed E-state index contributed by atoms with van der Waals surface area (Å²) in [6.45, 7) is 0.530. The summed E-state index contributed by atoms with van der Waals surface area (Å²) in [7, 11) is 0. The van der Waals surface area contributed by atoms with E-state index >= 15 is 0 Å². The first-order valence-electron chi connectivity index (χ1n) is 4.89. The Labute approximate surface area is 117 Å². The monoisotopic (exact) mass is 361 g/mol. The van der Waals surface area contributed by atoms with Crippen molar-refractivity contribution in [2.45, 2.75) is 6.54 Å². The van der Waals surface area contributed by atoms with Gasteiger partial charge in [-0.15, -0.1) is 0 Å². The van der Waals surface area contributed by atoms with Crippen LogP contribution in [0.2, 0.25) is 5.02 Å². The van der Waals surface area contributed by atoms with Gasteiger partial charge in [0, 0.05) is 21.3 Å². The Bertz CT molecular complexity index is 548. The molecule has 0 bridgehead atoms. The molecule has 0 aliphatic heterocycles. The van der Waals surface area contributed by atoms with Crippen molar-refractivity contribution in [1.82, 2.24) is 4.57 Å². The summed E-state index contributed by atoms with van der Waals surface area (Å²) in [5, 5.41) is 9.73. The van der Waals surface area contributed by atoms with E-state index < -0.39 is 5.97 Å². The minimum absolute atomic E-state index is 0.296. The molecule has 88 valence electrons. The van der Waals surface area contributed by atoms with E-state index in [1.54, 1.807) is 22.8 Å². The van der Waals surface area contributed by atoms with Crippen LogP contribution in [0.5, 0.6) is 0 Å². The maximum atomic E-state index is 11.0. The number of aromatic carboxylic acids is 1. The number of hydrogen-bond acceptors (Lipinski definition) is 1. The van der Waals surface area contributed by atoms with Crippen molar-refractivity contribution in [3.05, 3.63) is 56.4 Å². The molecule has 0 radical (unpaired) electrons. The largest absolute Gasteiger partial charge is 0.477 e. The number of benzene rings is 1. The van der Waals surface area contributed by atoms with Crippen molar-refractivity contribution < 1.29 is 9.90 Å². The fourth-order valence-corrected chi connectivity index (χ4v) is 2.33. The Morgan fingerprint density at radius 2 is 2.00 bits per heavy atom. The van der Waals surface area contributed by atoms with E-state index in [-0.39, 0.29) is 0 Å². The quantitative estimate of drug-likeness (QED) is 0.850. The fraction of sp³-hybridized carbons (Fsp3) is 0.0833. The molecule has 5 heteroatoms. The van der Waals surface area contributed by atoms with Gasteiger partial charge in [-0.1, -0.05) is 23.7 Å². The van der Waals surface area contributed by atoms with Gasteiger partial charge in [0.2, 0.25) is 0 Å². The van der Waals surface area contributed by atoms with E-state index in [0.29, 0.717) is 17.3 Å². The van der Waals surface area contributed by atoms with Crippen LogP contribution >= 0.6 is 34.2 Å². The molecule has 17 heavy (non-hydrogen) atoms. The number of rotatable bonds is 3. The minimum Gasteiger partial charge on any atom is -0.477 e. The third kappa shape index (κ3) is 3.01. The molecule has 2 rings (SSSR count). The van der Waals surface area contributed by atoms with Gasteiger partial charge in [-0.25, -0.2) is 4.79 Å². The zero-order chi connectivity index (χ0) is 12.4. The maximum Gasteiger partial charge on any atom is 0.352 e. The van der Waals surface area contributed by atoms with Crippen molar-refractivity contribution in [2.75, 3.05) is 0 Å². The van der Waals surface area contributed by atoms with Gasteiger partial charge >= 0.3 is 5.97 Å². The maximum absolute atomic E-state index is 11.0. The fourth-order valence-electron chi connectivity index (χ4n) is 1.57. The molecule has 0 saturated heterocycles. The molecule has 2 aromatic rings. The highest BCUT2D eigenvalue weighted by molar-refractivity contribution is 14.1. The van der Waals surface area contributed by atoms with Gasteiger partial charge in [-0.05, 0) is 46.4 Å². The molecule has 0 fully saturated rings. The molecule has 0 spiro atoms. The van der Waals surface area contributed by atoms with Crippen LogP contribution in [0.4, 0.5) is 0 Å². The SMILES string of the molecule is O=C(O)c1cc(I)cn1Cc1ccc(Cl)cc1. The number of carboxylic acids is 1. The highest BCUT2D eigenvalue weighted by Crippen LogP contribution is 2.15. The van der Waals surface area contributed by atoms with Crippen LogP contribution in [0, 0.1) is 3.57 Å². The number of nitrogens with zero attached hydrogens (tertiary/aromatic N) is 1. The van der Waals surface area contributed by atoms with Gasteiger partial charge in [0.15, 0.2) is 0 Å². The molecule has 1 aromatic carbocycles. The standard InChI is InChI=1S/C12H9ClINO2/c13-9-3-1-8(2-4-9)6-15-7-10(14)5-11(15)12(16)17/h1-5,7H,6H2,(H,16,17). The van der Waals surface area contributed by atoms with Crippen LogP contribution in [-0.4, -0.2) is 15.6 Å². The van der Waals surface area contributed by atoms with E-state index in [1.165, 1.54) is 0 Å². The number of hydrogen-bond donors (Lipinski definition) is 1. The number of carbonyl (C=O) groups is 1. The smallest absolute Gasteiger partial charge is 0.352 e. The first kappa shape index (κ1) is 12.4. The molecule has 1 aromatic heterocycles. The van der Waals surface area contributed by atoms with Gasteiger partial charge in [-0.2, -0.15) is 0 Å². The number of halogens is 2. The van der Waals surface area contributed by atoms with E-state index in [0.717, 1.165) is 9.13 Å². The van der Waals surface area contributed by atoms with E-state index in [2.05, 4.69) is 22.6 Å². The lowest BCUT2D eigenvalue weighted by atomic mass is 10.2. The lowest BCUT2D eigenvalue weighted by molar-refractivity contribution is 0.0685. The summed E-state index contributed by atoms with van der Waals surface area (Å²) in [6.07, 6.45) is 1.82. The van der Waals surface area contributed by atoms with Gasteiger partial charge in [-0.3, -0.25) is 0 Å². The molecular weight excluding hydrogens is 352 g/mol. The van der Waals surface area contributed by atoms with Crippen LogP contribution in [0.15, 0.2) is 36.5 Å². The van der Waals surface area contributed by atoms with Crippen molar-refractivity contribution in [3.63, 3.8) is 0 Å². The van der Waals surface area contributed by atoms with Gasteiger partial charge in [0.1, 0.15) is 5.69 Å². The zero-order valence-corrected chi connectivity index (χ0v) is 11.6. The van der Waals surface area contributed by atoms with Crippen LogP contribution < -0.4 is 0 Å². The van der Waals surface area contributed by atoms with Crippen molar-refractivity contribution in [1.29, 1.82) is 0 Å². The molecule has 0 atom stereocenters. The minimum atomic E-state index is -0.915. The molecule has 0 amide bonds. The Hall–Kier alpha value is -1.01. The highest BCUT2D eigenvalue weighted by Gasteiger charge is 2.11. The summed E-state index contributed by atoms with van der Waals surface area (Å²) in [5.74, 6) is -0.915. The predicted octanol–water partition coefficient (Wildman–Crippen LogP) is 3.49. The van der Waals surface area contributed by atoms with Crippen LogP contribution in [-0.2, 0) is 6.54 Å². The summed E-state index contributed by atoms with van der Waals surface area (Å²) in [5.41, 5.74) is 1.31. The summed E-state index contributed by atoms with van der Waals surface area (Å²) in [6, 6.07) is 9.03. The van der Waals surface area contributed by atoms with Crippen molar-refractivity contribution >= 4 is 40.2 Å². The van der Waals surface area contributed by atoms with Crippen LogP contribution in [0.1, 0.15) is 16.1 Å². The van der Waals surface area contributed by atoms with E-state index in [9.17, 15) is 4.79 Å². The first-order valence-corrected chi connectivity index (χ1v) is 6.35. The highest BCUT2D eigenvalue weighted by atomic mass is 127. The zero-order valence-electron chi connectivity index (χ0n) is 8.73. The van der Waals surface area contributed by atoms with Gasteiger partial charge < -0.3 is 9.67 Å².